The Hall–Kier alpha value is -0.620. The molecule has 7 heteroatoms. The molecule has 2 aliphatic heterocycles. The summed E-state index contributed by atoms with van der Waals surface area (Å²) in [5.41, 5.74) is 1.21. The first-order valence-electron chi connectivity index (χ1n) is 7.13. The SMILES string of the molecule is CN(c1ccccc1)[C@@H]1CN[C@H](C(=O)N2CCSC2)C1.Cl.Cl. The molecule has 1 aromatic rings. The lowest BCUT2D eigenvalue weighted by Gasteiger charge is -2.26. The van der Waals surface area contributed by atoms with E-state index in [1.54, 1.807) is 0 Å². The number of amides is 1. The van der Waals surface area contributed by atoms with Gasteiger partial charge < -0.3 is 15.1 Å². The van der Waals surface area contributed by atoms with E-state index in [1.807, 2.05) is 22.7 Å². The highest BCUT2D eigenvalue weighted by atomic mass is 35.5. The number of halogens is 2. The van der Waals surface area contributed by atoms with Crippen molar-refractivity contribution in [2.24, 2.45) is 0 Å². The summed E-state index contributed by atoms with van der Waals surface area (Å²) in [5, 5.41) is 3.39. The van der Waals surface area contributed by atoms with Crippen LogP contribution in [0, 0.1) is 0 Å². The quantitative estimate of drug-likeness (QED) is 0.892. The number of hydrogen-bond acceptors (Lipinski definition) is 4. The van der Waals surface area contributed by atoms with Crippen molar-refractivity contribution in [1.82, 2.24) is 10.2 Å². The average molecular weight is 364 g/mol. The lowest BCUT2D eigenvalue weighted by Crippen LogP contribution is -2.42. The van der Waals surface area contributed by atoms with Crippen LogP contribution in [0.5, 0.6) is 0 Å². The maximum absolute atomic E-state index is 12.4. The number of nitrogens with zero attached hydrogens (tertiary/aromatic N) is 2. The van der Waals surface area contributed by atoms with Crippen LogP contribution < -0.4 is 10.2 Å². The van der Waals surface area contributed by atoms with Gasteiger partial charge in [-0.25, -0.2) is 0 Å². The van der Waals surface area contributed by atoms with Crippen molar-refractivity contribution in [3.63, 3.8) is 0 Å². The van der Waals surface area contributed by atoms with Crippen molar-refractivity contribution in [3.8, 4) is 0 Å². The van der Waals surface area contributed by atoms with Gasteiger partial charge in [0.25, 0.3) is 0 Å². The van der Waals surface area contributed by atoms with Crippen molar-refractivity contribution in [3.05, 3.63) is 30.3 Å². The minimum atomic E-state index is -0.00939. The van der Waals surface area contributed by atoms with Gasteiger partial charge in [-0.2, -0.15) is 0 Å². The third-order valence-corrected chi connectivity index (χ3v) is 5.15. The Morgan fingerprint density at radius 3 is 2.68 bits per heavy atom. The molecule has 1 N–H and O–H groups in total. The zero-order valence-electron chi connectivity index (χ0n) is 12.6. The zero-order valence-corrected chi connectivity index (χ0v) is 15.1. The molecule has 2 fully saturated rings. The maximum Gasteiger partial charge on any atom is 0.240 e. The van der Waals surface area contributed by atoms with Gasteiger partial charge >= 0.3 is 0 Å². The van der Waals surface area contributed by atoms with Gasteiger partial charge in [0, 0.05) is 37.6 Å². The topological polar surface area (TPSA) is 35.6 Å². The Bertz CT molecular complexity index is 471. The number of carbonyl (C=O) groups excluding carboxylic acids is 1. The molecule has 0 radical (unpaired) electrons. The summed E-state index contributed by atoms with van der Waals surface area (Å²) in [6, 6.07) is 10.8. The van der Waals surface area contributed by atoms with Gasteiger partial charge in [0.15, 0.2) is 0 Å². The Balaban J connectivity index is 0.00000121. The standard InChI is InChI=1S/C15H21N3OS.2ClH/c1-17(12-5-3-2-4-6-12)13-9-14(16-10-13)15(19)18-7-8-20-11-18;;/h2-6,13-14,16H,7-11H2,1H3;2*1H/t13-,14-;;/m0../s1. The predicted molar refractivity (Wildman–Crippen MR) is 98.6 cm³/mol. The number of para-hydroxylation sites is 1. The first kappa shape index (κ1) is 19.4. The highest BCUT2D eigenvalue weighted by molar-refractivity contribution is 7.99. The molecule has 2 heterocycles. The molecule has 4 nitrogen and oxygen atoms in total. The second-order valence-electron chi connectivity index (χ2n) is 5.44. The van der Waals surface area contributed by atoms with E-state index in [0.717, 1.165) is 31.1 Å². The number of carbonyl (C=O) groups is 1. The number of rotatable bonds is 3. The van der Waals surface area contributed by atoms with Crippen LogP contribution in [0.15, 0.2) is 30.3 Å². The maximum atomic E-state index is 12.4. The summed E-state index contributed by atoms with van der Waals surface area (Å²) in [6.07, 6.45) is 0.894. The van der Waals surface area contributed by atoms with Crippen molar-refractivity contribution in [2.45, 2.75) is 18.5 Å². The van der Waals surface area contributed by atoms with Gasteiger partial charge in [-0.15, -0.1) is 36.6 Å². The average Bonchev–Trinajstić information content (AvgIpc) is 3.18. The van der Waals surface area contributed by atoms with Gasteiger partial charge in [-0.3, -0.25) is 4.79 Å². The molecule has 0 aliphatic carbocycles. The van der Waals surface area contributed by atoms with E-state index in [1.165, 1.54) is 5.69 Å². The Labute approximate surface area is 148 Å². The third-order valence-electron chi connectivity index (χ3n) is 4.18. The summed E-state index contributed by atoms with van der Waals surface area (Å²) in [4.78, 5) is 16.6. The molecular weight excluding hydrogens is 341 g/mol. The fraction of sp³-hybridized carbons (Fsp3) is 0.533. The molecule has 0 bridgehead atoms. The Morgan fingerprint density at radius 2 is 2.05 bits per heavy atom. The van der Waals surface area contributed by atoms with E-state index in [9.17, 15) is 4.79 Å². The van der Waals surface area contributed by atoms with Gasteiger partial charge in [-0.1, -0.05) is 18.2 Å². The molecule has 0 spiro atoms. The molecule has 3 rings (SSSR count). The molecule has 0 saturated carbocycles. The molecule has 1 amide bonds. The van der Waals surface area contributed by atoms with Crippen molar-refractivity contribution >= 4 is 48.2 Å². The lowest BCUT2D eigenvalue weighted by atomic mass is 10.1. The third kappa shape index (κ3) is 4.22. The summed E-state index contributed by atoms with van der Waals surface area (Å²) >= 11 is 1.84. The smallest absolute Gasteiger partial charge is 0.240 e. The highest BCUT2D eigenvalue weighted by Gasteiger charge is 2.34. The zero-order chi connectivity index (χ0) is 13.9. The molecule has 22 heavy (non-hydrogen) atoms. The number of likely N-dealkylation sites (N-methyl/N-ethyl adjacent to an activating group) is 1. The largest absolute Gasteiger partial charge is 0.370 e. The van der Waals surface area contributed by atoms with E-state index in [0.29, 0.717) is 6.04 Å². The van der Waals surface area contributed by atoms with Crippen LogP contribution in [0.3, 0.4) is 0 Å². The normalized spacial score (nSPS) is 23.6. The van der Waals surface area contributed by atoms with E-state index < -0.39 is 0 Å². The number of thioether (sulfide) groups is 1. The van der Waals surface area contributed by atoms with Gasteiger partial charge in [-0.05, 0) is 18.6 Å². The number of benzene rings is 1. The number of nitrogens with one attached hydrogen (secondary N) is 1. The predicted octanol–water partition coefficient (Wildman–Crippen LogP) is 2.23. The Kier molecular flexibility index (Phi) is 7.83. The van der Waals surface area contributed by atoms with E-state index in [2.05, 4.69) is 41.5 Å². The summed E-state index contributed by atoms with van der Waals surface area (Å²) in [5.74, 6) is 2.21. The van der Waals surface area contributed by atoms with Crippen LogP contribution in [0.1, 0.15) is 6.42 Å². The number of anilines is 1. The van der Waals surface area contributed by atoms with E-state index in [-0.39, 0.29) is 36.8 Å². The second kappa shape index (κ2) is 8.87. The molecular formula is C15H23Cl2N3OS. The van der Waals surface area contributed by atoms with E-state index in [4.69, 9.17) is 0 Å². The first-order chi connectivity index (χ1) is 9.75. The molecule has 124 valence electrons. The monoisotopic (exact) mass is 363 g/mol. The highest BCUT2D eigenvalue weighted by Crippen LogP contribution is 2.22. The molecule has 0 unspecified atom stereocenters. The van der Waals surface area contributed by atoms with Crippen molar-refractivity contribution in [2.75, 3.05) is 36.7 Å². The molecule has 0 aromatic heterocycles. The van der Waals surface area contributed by atoms with E-state index >= 15 is 0 Å². The van der Waals surface area contributed by atoms with Gasteiger partial charge in [0.1, 0.15) is 0 Å². The second-order valence-corrected chi connectivity index (χ2v) is 6.51. The Morgan fingerprint density at radius 1 is 1.32 bits per heavy atom. The van der Waals surface area contributed by atoms with Crippen LogP contribution >= 0.6 is 36.6 Å². The molecule has 2 saturated heterocycles. The fourth-order valence-electron chi connectivity index (χ4n) is 2.88. The summed E-state index contributed by atoms with van der Waals surface area (Å²) < 4.78 is 0. The minimum absolute atomic E-state index is 0. The van der Waals surface area contributed by atoms with Gasteiger partial charge in [0.2, 0.25) is 5.91 Å². The van der Waals surface area contributed by atoms with Crippen molar-refractivity contribution < 1.29 is 4.79 Å². The number of hydrogen-bond donors (Lipinski definition) is 1. The van der Waals surface area contributed by atoms with Crippen LogP contribution in [-0.4, -0.2) is 54.7 Å². The fourth-order valence-corrected chi connectivity index (χ4v) is 3.84. The minimum Gasteiger partial charge on any atom is -0.370 e. The van der Waals surface area contributed by atoms with Crippen LogP contribution in [-0.2, 0) is 4.79 Å². The first-order valence-corrected chi connectivity index (χ1v) is 8.29. The van der Waals surface area contributed by atoms with Crippen LogP contribution in [0.2, 0.25) is 0 Å². The van der Waals surface area contributed by atoms with Gasteiger partial charge in [0.05, 0.1) is 11.9 Å². The lowest BCUT2D eigenvalue weighted by molar-refractivity contribution is -0.131. The van der Waals surface area contributed by atoms with Crippen LogP contribution in [0.4, 0.5) is 5.69 Å². The molecule has 2 atom stereocenters. The summed E-state index contributed by atoms with van der Waals surface area (Å²) in [6.45, 7) is 1.78. The molecule has 2 aliphatic rings. The van der Waals surface area contributed by atoms with Crippen molar-refractivity contribution in [1.29, 1.82) is 0 Å². The molecule has 1 aromatic carbocycles. The van der Waals surface area contributed by atoms with Crippen LogP contribution in [0.25, 0.3) is 0 Å². The summed E-state index contributed by atoms with van der Waals surface area (Å²) in [7, 11) is 2.11.